The minimum Gasteiger partial charge on any atom is -0.480 e. The first kappa shape index (κ1) is 13.5. The van der Waals surface area contributed by atoms with Crippen LogP contribution in [0, 0.1) is 0 Å². The van der Waals surface area contributed by atoms with Gasteiger partial charge >= 0.3 is 5.97 Å². The lowest BCUT2D eigenvalue weighted by Gasteiger charge is -2.33. The second kappa shape index (κ2) is 5.40. The molecule has 0 radical (unpaired) electrons. The van der Waals surface area contributed by atoms with Crippen LogP contribution >= 0.6 is 0 Å². The smallest absolute Gasteiger partial charge is 0.322 e. The molecule has 1 atom stereocenters. The summed E-state index contributed by atoms with van der Waals surface area (Å²) in [4.78, 5) is 24.6. The normalized spacial score (nSPS) is 19.8. The summed E-state index contributed by atoms with van der Waals surface area (Å²) in [5.41, 5.74) is 1.87. The highest BCUT2D eigenvalue weighted by Gasteiger charge is 2.31. The number of nitrogens with zero attached hydrogens (tertiary/aromatic N) is 1. The van der Waals surface area contributed by atoms with Crippen molar-refractivity contribution in [2.75, 3.05) is 18.0 Å². The summed E-state index contributed by atoms with van der Waals surface area (Å²) in [7, 11) is 0. The fourth-order valence-electron chi connectivity index (χ4n) is 2.27. The van der Waals surface area contributed by atoms with Crippen LogP contribution < -0.4 is 10.2 Å². The second-order valence-electron chi connectivity index (χ2n) is 4.99. The molecule has 1 aliphatic rings. The summed E-state index contributed by atoms with van der Waals surface area (Å²) < 4.78 is 0. The van der Waals surface area contributed by atoms with Crippen LogP contribution in [0.1, 0.15) is 25.3 Å². The fraction of sp³-hybridized carbons (Fsp3) is 0.429. The zero-order valence-corrected chi connectivity index (χ0v) is 11.1. The maximum Gasteiger partial charge on any atom is 0.322 e. The molecular formula is C14H18N2O3. The van der Waals surface area contributed by atoms with Gasteiger partial charge in [-0.25, -0.2) is 0 Å². The van der Waals surface area contributed by atoms with E-state index in [0.29, 0.717) is 0 Å². The van der Waals surface area contributed by atoms with E-state index >= 15 is 0 Å². The van der Waals surface area contributed by atoms with E-state index in [9.17, 15) is 9.59 Å². The Hall–Kier alpha value is -1.88. The number of rotatable bonds is 3. The molecule has 2 rings (SSSR count). The molecule has 1 aliphatic heterocycles. The Bertz CT molecular complexity index is 499. The number of para-hydroxylation sites is 1. The van der Waals surface area contributed by atoms with Crippen molar-refractivity contribution in [3.05, 3.63) is 29.8 Å². The Labute approximate surface area is 112 Å². The number of amides is 1. The molecule has 19 heavy (non-hydrogen) atoms. The quantitative estimate of drug-likeness (QED) is 0.858. The van der Waals surface area contributed by atoms with Crippen LogP contribution in [0.3, 0.4) is 0 Å². The lowest BCUT2D eigenvalue weighted by molar-refractivity contribution is -0.139. The molecule has 1 aromatic rings. The largest absolute Gasteiger partial charge is 0.480 e. The first-order valence-electron chi connectivity index (χ1n) is 6.36. The number of carbonyl (C=O) groups excluding carboxylic acids is 1. The molecule has 0 bridgehead atoms. The first-order valence-corrected chi connectivity index (χ1v) is 6.36. The van der Waals surface area contributed by atoms with Crippen molar-refractivity contribution in [3.63, 3.8) is 0 Å². The lowest BCUT2D eigenvalue weighted by Crippen LogP contribution is -2.57. The molecule has 1 saturated heterocycles. The van der Waals surface area contributed by atoms with Gasteiger partial charge in [-0.05, 0) is 17.5 Å². The third-order valence-corrected chi connectivity index (χ3v) is 3.31. The van der Waals surface area contributed by atoms with Gasteiger partial charge in [0, 0.05) is 5.69 Å². The van der Waals surface area contributed by atoms with Gasteiger partial charge in [-0.3, -0.25) is 14.9 Å². The number of carbonyl (C=O) groups is 2. The maximum absolute atomic E-state index is 12.0. The van der Waals surface area contributed by atoms with Crippen LogP contribution in [0.2, 0.25) is 0 Å². The number of hydrogen-bond donors (Lipinski definition) is 2. The molecule has 5 nitrogen and oxygen atoms in total. The zero-order valence-electron chi connectivity index (χ0n) is 11.1. The molecule has 0 aliphatic carbocycles. The minimum atomic E-state index is -0.931. The molecule has 1 unspecified atom stereocenters. The average Bonchev–Trinajstić information content (AvgIpc) is 2.39. The van der Waals surface area contributed by atoms with Gasteiger partial charge in [-0.2, -0.15) is 0 Å². The number of carboxylic acid groups (broad SMARTS) is 1. The molecule has 1 aromatic carbocycles. The van der Waals surface area contributed by atoms with Gasteiger partial charge in [-0.15, -0.1) is 0 Å². The highest BCUT2D eigenvalue weighted by Crippen LogP contribution is 2.28. The summed E-state index contributed by atoms with van der Waals surface area (Å²) in [6.45, 7) is 4.33. The van der Waals surface area contributed by atoms with Crippen LogP contribution in [0.25, 0.3) is 0 Å². The van der Waals surface area contributed by atoms with Crippen molar-refractivity contribution in [2.24, 2.45) is 0 Å². The van der Waals surface area contributed by atoms with Gasteiger partial charge in [0.15, 0.2) is 0 Å². The number of piperazine rings is 1. The summed E-state index contributed by atoms with van der Waals surface area (Å²) in [5, 5.41) is 11.8. The molecule has 102 valence electrons. The van der Waals surface area contributed by atoms with Crippen LogP contribution in [0.4, 0.5) is 5.69 Å². The van der Waals surface area contributed by atoms with E-state index in [0.717, 1.165) is 11.3 Å². The number of nitrogens with one attached hydrogen (secondary N) is 1. The van der Waals surface area contributed by atoms with Crippen molar-refractivity contribution in [1.82, 2.24) is 5.32 Å². The van der Waals surface area contributed by atoms with E-state index in [1.54, 1.807) is 4.90 Å². The van der Waals surface area contributed by atoms with E-state index < -0.39 is 12.0 Å². The Morgan fingerprint density at radius 3 is 2.74 bits per heavy atom. The first-order chi connectivity index (χ1) is 9.00. The number of carboxylic acids is 1. The van der Waals surface area contributed by atoms with E-state index in [-0.39, 0.29) is 24.9 Å². The van der Waals surface area contributed by atoms with Crippen molar-refractivity contribution in [2.45, 2.75) is 25.8 Å². The SMILES string of the molecule is CC(C)c1ccccc1N1CC(C(=O)O)NCC1=O. The molecule has 1 amide bonds. The fourth-order valence-corrected chi connectivity index (χ4v) is 2.27. The maximum atomic E-state index is 12.0. The Kier molecular flexibility index (Phi) is 3.85. The minimum absolute atomic E-state index is 0.0589. The molecular weight excluding hydrogens is 244 g/mol. The van der Waals surface area contributed by atoms with Crippen LogP contribution in [0.15, 0.2) is 24.3 Å². The highest BCUT2D eigenvalue weighted by atomic mass is 16.4. The van der Waals surface area contributed by atoms with E-state index in [1.165, 1.54) is 0 Å². The second-order valence-corrected chi connectivity index (χ2v) is 4.99. The molecule has 0 saturated carbocycles. The predicted octanol–water partition coefficient (Wildman–Crippen LogP) is 1.20. The van der Waals surface area contributed by atoms with Crippen molar-refractivity contribution in [3.8, 4) is 0 Å². The summed E-state index contributed by atoms with van der Waals surface area (Å²) in [6.07, 6.45) is 0. The third kappa shape index (κ3) is 2.76. The summed E-state index contributed by atoms with van der Waals surface area (Å²) >= 11 is 0. The third-order valence-electron chi connectivity index (χ3n) is 3.31. The standard InChI is InChI=1S/C14H18N2O3/c1-9(2)10-5-3-4-6-12(10)16-8-11(14(18)19)15-7-13(16)17/h3-6,9,11,15H,7-8H2,1-2H3,(H,18,19). The van der Waals surface area contributed by atoms with Gasteiger partial charge in [0.05, 0.1) is 13.1 Å². The Morgan fingerprint density at radius 2 is 2.11 bits per heavy atom. The molecule has 2 N–H and O–H groups in total. The van der Waals surface area contributed by atoms with Crippen molar-refractivity contribution in [1.29, 1.82) is 0 Å². The van der Waals surface area contributed by atoms with Gasteiger partial charge in [0.25, 0.3) is 0 Å². The average molecular weight is 262 g/mol. The van der Waals surface area contributed by atoms with Gasteiger partial charge in [-0.1, -0.05) is 32.0 Å². The summed E-state index contributed by atoms with van der Waals surface area (Å²) in [5.74, 6) is -0.743. The van der Waals surface area contributed by atoms with Crippen LogP contribution in [0.5, 0.6) is 0 Å². The molecule has 1 heterocycles. The highest BCUT2D eigenvalue weighted by molar-refractivity contribution is 5.98. The van der Waals surface area contributed by atoms with E-state index in [2.05, 4.69) is 19.2 Å². The van der Waals surface area contributed by atoms with Crippen LogP contribution in [-0.4, -0.2) is 36.1 Å². The number of aliphatic carboxylic acids is 1. The van der Waals surface area contributed by atoms with E-state index in [1.807, 2.05) is 24.3 Å². The number of anilines is 1. The number of hydrogen-bond acceptors (Lipinski definition) is 3. The van der Waals surface area contributed by atoms with Crippen LogP contribution in [-0.2, 0) is 9.59 Å². The Balaban J connectivity index is 2.34. The number of benzene rings is 1. The monoisotopic (exact) mass is 262 g/mol. The topological polar surface area (TPSA) is 69.6 Å². The van der Waals surface area contributed by atoms with E-state index in [4.69, 9.17) is 5.11 Å². The Morgan fingerprint density at radius 1 is 1.42 bits per heavy atom. The molecule has 1 fully saturated rings. The van der Waals surface area contributed by atoms with Gasteiger partial charge in [0.2, 0.25) is 5.91 Å². The zero-order chi connectivity index (χ0) is 14.0. The van der Waals surface area contributed by atoms with Gasteiger partial charge < -0.3 is 10.0 Å². The molecule has 0 aromatic heterocycles. The molecule has 0 spiro atoms. The summed E-state index contributed by atoms with van der Waals surface area (Å²) in [6, 6.07) is 6.94. The van der Waals surface area contributed by atoms with Gasteiger partial charge in [0.1, 0.15) is 6.04 Å². The van der Waals surface area contributed by atoms with Crippen molar-refractivity contribution < 1.29 is 14.7 Å². The van der Waals surface area contributed by atoms with Crippen molar-refractivity contribution >= 4 is 17.6 Å². The lowest BCUT2D eigenvalue weighted by atomic mass is 9.99. The predicted molar refractivity (Wildman–Crippen MR) is 72.3 cm³/mol. The molecule has 5 heteroatoms.